The van der Waals surface area contributed by atoms with Gasteiger partial charge >= 0.3 is 0 Å². The van der Waals surface area contributed by atoms with Crippen molar-refractivity contribution in [2.24, 2.45) is 0 Å². The number of nitrogens with zero attached hydrogens (tertiary/aromatic N) is 2. The molecule has 0 aliphatic carbocycles. The highest BCUT2D eigenvalue weighted by Gasteiger charge is 2.05. The summed E-state index contributed by atoms with van der Waals surface area (Å²) in [6.45, 7) is 4.26. The van der Waals surface area contributed by atoms with E-state index in [9.17, 15) is 0 Å². The zero-order chi connectivity index (χ0) is 10.8. The molecule has 1 aromatic heterocycles. The number of hydrogen-bond donors (Lipinski definition) is 0. The monoisotopic (exact) mass is 330 g/mol. The van der Waals surface area contributed by atoms with E-state index in [4.69, 9.17) is 0 Å². The second kappa shape index (κ2) is 4.57. The van der Waals surface area contributed by atoms with Crippen molar-refractivity contribution in [2.75, 3.05) is 0 Å². The molecule has 4 heteroatoms. The van der Waals surface area contributed by atoms with Crippen molar-refractivity contribution in [3.63, 3.8) is 0 Å². The van der Waals surface area contributed by atoms with Gasteiger partial charge in [0, 0.05) is 6.42 Å². The Morgan fingerprint density at radius 3 is 2.73 bits per heavy atom. The third-order valence-corrected chi connectivity index (χ3v) is 3.88. The van der Waals surface area contributed by atoms with Crippen molar-refractivity contribution < 1.29 is 0 Å². The van der Waals surface area contributed by atoms with E-state index in [1.54, 1.807) is 11.3 Å². The predicted molar refractivity (Wildman–Crippen MR) is 71.3 cm³/mol. The van der Waals surface area contributed by atoms with E-state index < -0.39 is 0 Å². The van der Waals surface area contributed by atoms with Crippen molar-refractivity contribution in [1.82, 2.24) is 10.2 Å². The molecule has 2 aromatic rings. The first-order chi connectivity index (χ1) is 7.15. The van der Waals surface area contributed by atoms with Crippen molar-refractivity contribution in [2.45, 2.75) is 20.3 Å². The van der Waals surface area contributed by atoms with Crippen LogP contribution in [0.25, 0.3) is 0 Å². The molecule has 1 aromatic carbocycles. The third-order valence-electron chi connectivity index (χ3n) is 2.29. The average Bonchev–Trinajstić information content (AvgIpc) is 2.58. The third kappa shape index (κ3) is 2.75. The van der Waals surface area contributed by atoms with Gasteiger partial charge in [-0.15, -0.1) is 10.2 Å². The maximum atomic E-state index is 4.14. The minimum absolute atomic E-state index is 0.897. The highest BCUT2D eigenvalue weighted by Crippen LogP contribution is 2.19. The second-order valence-corrected chi connectivity index (χ2v) is 6.37. The molecule has 0 spiro atoms. The van der Waals surface area contributed by atoms with E-state index in [0.717, 1.165) is 14.4 Å². The lowest BCUT2D eigenvalue weighted by Crippen LogP contribution is -1.92. The molecule has 0 radical (unpaired) electrons. The van der Waals surface area contributed by atoms with Crippen LogP contribution in [0.3, 0.4) is 0 Å². The molecule has 0 bridgehead atoms. The van der Waals surface area contributed by atoms with Gasteiger partial charge in [-0.05, 0) is 47.6 Å². The van der Waals surface area contributed by atoms with Gasteiger partial charge in [0.15, 0.2) is 3.01 Å². The van der Waals surface area contributed by atoms with Gasteiger partial charge in [-0.1, -0.05) is 35.1 Å². The van der Waals surface area contributed by atoms with E-state index >= 15 is 0 Å². The second-order valence-electron chi connectivity index (χ2n) is 3.56. The first kappa shape index (κ1) is 11.0. The number of halogens is 1. The van der Waals surface area contributed by atoms with Gasteiger partial charge in [-0.3, -0.25) is 0 Å². The Morgan fingerprint density at radius 1 is 1.27 bits per heavy atom. The Bertz CT molecular complexity index is 479. The van der Waals surface area contributed by atoms with Gasteiger partial charge in [-0.25, -0.2) is 0 Å². The summed E-state index contributed by atoms with van der Waals surface area (Å²) in [5.41, 5.74) is 3.98. The number of aromatic nitrogens is 2. The van der Waals surface area contributed by atoms with Crippen molar-refractivity contribution in [3.8, 4) is 0 Å². The molecule has 0 unspecified atom stereocenters. The standard InChI is InChI=1S/C11H11IN2S/c1-7-3-4-8(2)9(5-7)6-10-13-14-11(12)15-10/h3-5H,6H2,1-2H3. The van der Waals surface area contributed by atoms with E-state index in [1.807, 2.05) is 0 Å². The lowest BCUT2D eigenvalue weighted by atomic mass is 10.0. The van der Waals surface area contributed by atoms with Crippen molar-refractivity contribution >= 4 is 33.9 Å². The summed E-state index contributed by atoms with van der Waals surface area (Å²) in [6, 6.07) is 6.53. The van der Waals surface area contributed by atoms with E-state index in [-0.39, 0.29) is 0 Å². The Labute approximate surface area is 107 Å². The Balaban J connectivity index is 2.27. The summed E-state index contributed by atoms with van der Waals surface area (Å²) < 4.78 is 1.01. The number of rotatable bonds is 2. The van der Waals surface area contributed by atoms with E-state index in [0.29, 0.717) is 0 Å². The van der Waals surface area contributed by atoms with Crippen LogP contribution in [0.4, 0.5) is 0 Å². The summed E-state index contributed by atoms with van der Waals surface area (Å²) in [4.78, 5) is 0. The maximum Gasteiger partial charge on any atom is 0.178 e. The van der Waals surface area contributed by atoms with Crippen LogP contribution in [0.15, 0.2) is 18.2 Å². The quantitative estimate of drug-likeness (QED) is 0.789. The predicted octanol–water partition coefficient (Wildman–Crippen LogP) is 3.35. The Morgan fingerprint density at radius 2 is 2.07 bits per heavy atom. The highest BCUT2D eigenvalue weighted by molar-refractivity contribution is 14.1. The molecule has 2 nitrogen and oxygen atoms in total. The lowest BCUT2D eigenvalue weighted by molar-refractivity contribution is 0.985. The topological polar surface area (TPSA) is 25.8 Å². The molecule has 0 atom stereocenters. The molecule has 0 amide bonds. The molecule has 0 aliphatic heterocycles. The fourth-order valence-corrected chi connectivity index (χ4v) is 2.91. The molecular weight excluding hydrogens is 319 g/mol. The van der Waals surface area contributed by atoms with Crippen molar-refractivity contribution in [1.29, 1.82) is 0 Å². The molecule has 15 heavy (non-hydrogen) atoms. The van der Waals surface area contributed by atoms with Crippen molar-refractivity contribution in [3.05, 3.63) is 42.9 Å². The van der Waals surface area contributed by atoms with E-state index in [1.165, 1.54) is 16.7 Å². The lowest BCUT2D eigenvalue weighted by Gasteiger charge is -2.04. The zero-order valence-corrected chi connectivity index (χ0v) is 11.6. The van der Waals surface area contributed by atoms with Crippen LogP contribution in [-0.4, -0.2) is 10.2 Å². The van der Waals surface area contributed by atoms with Crippen LogP contribution in [0.1, 0.15) is 21.7 Å². The smallest absolute Gasteiger partial charge is 0.142 e. The Hall–Kier alpha value is -0.490. The summed E-state index contributed by atoms with van der Waals surface area (Å²) in [6.07, 6.45) is 0.897. The molecular formula is C11H11IN2S. The number of aryl methyl sites for hydroxylation is 2. The molecule has 2 rings (SSSR count). The van der Waals surface area contributed by atoms with Crippen LogP contribution in [0, 0.1) is 16.9 Å². The normalized spacial score (nSPS) is 10.6. The van der Waals surface area contributed by atoms with Crippen LogP contribution >= 0.6 is 33.9 Å². The molecule has 0 saturated carbocycles. The summed E-state index contributed by atoms with van der Waals surface area (Å²) >= 11 is 3.87. The van der Waals surface area contributed by atoms with Crippen LogP contribution < -0.4 is 0 Å². The Kier molecular flexibility index (Phi) is 3.35. The molecule has 78 valence electrons. The minimum atomic E-state index is 0.897. The number of benzene rings is 1. The molecule has 0 fully saturated rings. The van der Waals surface area contributed by atoms with Gasteiger partial charge in [0.25, 0.3) is 0 Å². The van der Waals surface area contributed by atoms with Gasteiger partial charge in [0.1, 0.15) is 5.01 Å². The van der Waals surface area contributed by atoms with E-state index in [2.05, 4.69) is 64.8 Å². The van der Waals surface area contributed by atoms with Crippen LogP contribution in [0.2, 0.25) is 0 Å². The largest absolute Gasteiger partial charge is 0.178 e. The van der Waals surface area contributed by atoms with Gasteiger partial charge < -0.3 is 0 Å². The summed E-state index contributed by atoms with van der Waals surface area (Å²) in [7, 11) is 0. The SMILES string of the molecule is Cc1ccc(C)c(Cc2nnc(I)s2)c1. The first-order valence-corrected chi connectivity index (χ1v) is 6.58. The fraction of sp³-hybridized carbons (Fsp3) is 0.273. The highest BCUT2D eigenvalue weighted by atomic mass is 127. The molecule has 0 saturated heterocycles. The average molecular weight is 330 g/mol. The first-order valence-electron chi connectivity index (χ1n) is 4.69. The number of hydrogen-bond acceptors (Lipinski definition) is 3. The summed E-state index contributed by atoms with van der Waals surface area (Å²) in [5.74, 6) is 0. The summed E-state index contributed by atoms with van der Waals surface area (Å²) in [5, 5.41) is 9.25. The molecule has 1 heterocycles. The maximum absolute atomic E-state index is 4.14. The van der Waals surface area contributed by atoms with Gasteiger partial charge in [0.05, 0.1) is 0 Å². The minimum Gasteiger partial charge on any atom is -0.142 e. The zero-order valence-electron chi connectivity index (χ0n) is 8.62. The van der Waals surface area contributed by atoms with Crippen LogP contribution in [-0.2, 0) is 6.42 Å². The van der Waals surface area contributed by atoms with Gasteiger partial charge in [-0.2, -0.15) is 0 Å². The molecule has 0 N–H and O–H groups in total. The van der Waals surface area contributed by atoms with Crippen LogP contribution in [0.5, 0.6) is 0 Å². The van der Waals surface area contributed by atoms with Gasteiger partial charge in [0.2, 0.25) is 0 Å². The molecule has 0 aliphatic rings. The fourth-order valence-electron chi connectivity index (χ4n) is 1.46.